The summed E-state index contributed by atoms with van der Waals surface area (Å²) >= 11 is 0. The summed E-state index contributed by atoms with van der Waals surface area (Å²) < 4.78 is 22.9. The zero-order chi connectivity index (χ0) is 14.0. The van der Waals surface area contributed by atoms with Gasteiger partial charge in [0, 0.05) is 18.2 Å². The molecule has 0 aliphatic heterocycles. The molecule has 1 aliphatic rings. The van der Waals surface area contributed by atoms with Gasteiger partial charge in [-0.3, -0.25) is 10.1 Å². The summed E-state index contributed by atoms with van der Waals surface area (Å²) in [5.41, 5.74) is -0.00810. The van der Waals surface area contributed by atoms with Gasteiger partial charge in [0.15, 0.2) is 0 Å². The van der Waals surface area contributed by atoms with Crippen molar-refractivity contribution in [1.82, 2.24) is 0 Å². The van der Waals surface area contributed by atoms with Gasteiger partial charge in [-0.2, -0.15) is 0 Å². The molecule has 0 radical (unpaired) electrons. The third-order valence-electron chi connectivity index (χ3n) is 2.85. The Hall–Kier alpha value is -1.93. The van der Waals surface area contributed by atoms with E-state index < -0.39 is 14.9 Å². The third-order valence-corrected chi connectivity index (χ3v) is 3.82. The summed E-state index contributed by atoms with van der Waals surface area (Å²) in [5, 5.41) is 18.8. The van der Waals surface area contributed by atoms with E-state index in [0.717, 1.165) is 25.0 Å². The highest BCUT2D eigenvalue weighted by Gasteiger charge is 2.20. The Kier molecular flexibility index (Phi) is 3.54. The molecule has 0 bridgehead atoms. The van der Waals surface area contributed by atoms with Crippen LogP contribution in [0.25, 0.3) is 0 Å². The molecule has 3 N–H and O–H groups in total. The molecule has 0 unspecified atom stereocenters. The van der Waals surface area contributed by atoms with Crippen LogP contribution in [0.2, 0.25) is 0 Å². The van der Waals surface area contributed by atoms with Gasteiger partial charge in [0.25, 0.3) is 5.69 Å². The number of anilines is 1. The van der Waals surface area contributed by atoms with E-state index in [9.17, 15) is 18.5 Å². The highest BCUT2D eigenvalue weighted by atomic mass is 32.2. The van der Waals surface area contributed by atoms with Crippen LogP contribution < -0.4 is 10.5 Å². The van der Waals surface area contributed by atoms with E-state index >= 15 is 0 Å². The number of non-ortho nitro benzene ring substituents is 1. The number of nitrogens with one attached hydrogen (secondary N) is 1. The van der Waals surface area contributed by atoms with Crippen molar-refractivity contribution in [2.24, 2.45) is 5.14 Å². The molecule has 2 rings (SSSR count). The first-order chi connectivity index (χ1) is 8.88. The standard InChI is InChI=1S/C11H13N3O4S/c12-19(17,18)11-6-5-9(14(15)16)7-10(11)13-8-3-1-2-4-8/h1-2,5-8,13H,3-4H2,(H2,12,17,18). The monoisotopic (exact) mass is 283 g/mol. The van der Waals surface area contributed by atoms with Crippen molar-refractivity contribution in [3.63, 3.8) is 0 Å². The Morgan fingerprint density at radius 1 is 1.32 bits per heavy atom. The number of nitrogens with zero attached hydrogens (tertiary/aromatic N) is 1. The molecule has 102 valence electrons. The first-order valence-corrected chi connectivity index (χ1v) is 7.15. The van der Waals surface area contributed by atoms with Crippen LogP contribution in [0.15, 0.2) is 35.2 Å². The van der Waals surface area contributed by atoms with Crippen LogP contribution in [0.4, 0.5) is 11.4 Å². The SMILES string of the molecule is NS(=O)(=O)c1ccc([N+](=O)[O-])cc1NC1CC=CC1. The maximum absolute atomic E-state index is 11.5. The highest BCUT2D eigenvalue weighted by Crippen LogP contribution is 2.28. The maximum Gasteiger partial charge on any atom is 0.271 e. The minimum absolute atomic E-state index is 0.0301. The Labute approximate surface area is 110 Å². The number of primary sulfonamides is 1. The van der Waals surface area contributed by atoms with Crippen LogP contribution in [0, 0.1) is 10.1 Å². The van der Waals surface area contributed by atoms with E-state index in [0.29, 0.717) is 0 Å². The molecule has 1 aromatic rings. The van der Waals surface area contributed by atoms with E-state index in [1.165, 1.54) is 6.07 Å². The average molecular weight is 283 g/mol. The molecular weight excluding hydrogens is 270 g/mol. The highest BCUT2D eigenvalue weighted by molar-refractivity contribution is 7.89. The lowest BCUT2D eigenvalue weighted by atomic mass is 10.2. The molecule has 7 nitrogen and oxygen atoms in total. The zero-order valence-corrected chi connectivity index (χ0v) is 10.8. The smallest absolute Gasteiger partial charge is 0.271 e. The van der Waals surface area contributed by atoms with Crippen LogP contribution in [0.5, 0.6) is 0 Å². The van der Waals surface area contributed by atoms with E-state index in [1.54, 1.807) is 0 Å². The lowest BCUT2D eigenvalue weighted by Gasteiger charge is -2.16. The van der Waals surface area contributed by atoms with Crippen molar-refractivity contribution in [1.29, 1.82) is 0 Å². The van der Waals surface area contributed by atoms with Gasteiger partial charge in [-0.15, -0.1) is 0 Å². The minimum atomic E-state index is -3.92. The topological polar surface area (TPSA) is 115 Å². The van der Waals surface area contributed by atoms with Crippen molar-refractivity contribution < 1.29 is 13.3 Å². The van der Waals surface area contributed by atoms with Crippen LogP contribution in [-0.2, 0) is 10.0 Å². The molecule has 19 heavy (non-hydrogen) atoms. The fraction of sp³-hybridized carbons (Fsp3) is 0.273. The summed E-state index contributed by atoms with van der Waals surface area (Å²) in [6, 6.07) is 3.50. The summed E-state index contributed by atoms with van der Waals surface area (Å²) in [7, 11) is -3.92. The first-order valence-electron chi connectivity index (χ1n) is 5.60. The van der Waals surface area contributed by atoms with Gasteiger partial charge in [-0.1, -0.05) is 12.2 Å². The van der Waals surface area contributed by atoms with Crippen molar-refractivity contribution in [3.05, 3.63) is 40.5 Å². The Morgan fingerprint density at radius 2 is 1.95 bits per heavy atom. The quantitative estimate of drug-likeness (QED) is 0.492. The second-order valence-electron chi connectivity index (χ2n) is 4.27. The molecule has 0 saturated carbocycles. The fourth-order valence-electron chi connectivity index (χ4n) is 1.95. The Balaban J connectivity index is 2.40. The number of nitro groups is 1. The molecule has 0 saturated heterocycles. The predicted octanol–water partition coefficient (Wildman–Crippen LogP) is 1.37. The number of nitrogens with two attached hydrogens (primary N) is 1. The largest absolute Gasteiger partial charge is 0.380 e. The third kappa shape index (κ3) is 3.09. The summed E-state index contributed by atoms with van der Waals surface area (Å²) in [6.45, 7) is 0. The van der Waals surface area contributed by atoms with Crippen LogP contribution >= 0.6 is 0 Å². The predicted molar refractivity (Wildman–Crippen MR) is 70.3 cm³/mol. The van der Waals surface area contributed by atoms with Gasteiger partial charge >= 0.3 is 0 Å². The molecule has 0 spiro atoms. The summed E-state index contributed by atoms with van der Waals surface area (Å²) in [4.78, 5) is 10.0. The molecule has 1 aliphatic carbocycles. The van der Waals surface area contributed by atoms with Crippen molar-refractivity contribution in [2.45, 2.75) is 23.8 Å². The molecule has 0 amide bonds. The lowest BCUT2D eigenvalue weighted by Crippen LogP contribution is -2.20. The van der Waals surface area contributed by atoms with Crippen LogP contribution in [0.3, 0.4) is 0 Å². The average Bonchev–Trinajstić information content (AvgIpc) is 2.80. The maximum atomic E-state index is 11.5. The fourth-order valence-corrected chi connectivity index (χ4v) is 2.63. The lowest BCUT2D eigenvalue weighted by molar-refractivity contribution is -0.384. The van der Waals surface area contributed by atoms with E-state index in [1.807, 2.05) is 12.2 Å². The first kappa shape index (κ1) is 13.5. The van der Waals surface area contributed by atoms with Gasteiger partial charge in [-0.05, 0) is 18.9 Å². The van der Waals surface area contributed by atoms with E-state index in [4.69, 9.17) is 5.14 Å². The number of sulfonamides is 1. The van der Waals surface area contributed by atoms with Crippen molar-refractivity contribution in [2.75, 3.05) is 5.32 Å². The molecule has 8 heteroatoms. The normalized spacial score (nSPS) is 15.6. The van der Waals surface area contributed by atoms with E-state index in [-0.39, 0.29) is 22.3 Å². The molecule has 1 aromatic carbocycles. The van der Waals surface area contributed by atoms with Crippen LogP contribution in [-0.4, -0.2) is 19.4 Å². The summed E-state index contributed by atoms with van der Waals surface area (Å²) in [5.74, 6) is 0. The molecular formula is C11H13N3O4S. The number of hydrogen-bond donors (Lipinski definition) is 2. The van der Waals surface area contributed by atoms with Crippen LogP contribution in [0.1, 0.15) is 12.8 Å². The Bertz CT molecular complexity index is 631. The number of rotatable bonds is 4. The second kappa shape index (κ2) is 4.98. The minimum Gasteiger partial charge on any atom is -0.380 e. The molecule has 0 heterocycles. The number of hydrogen-bond acceptors (Lipinski definition) is 5. The van der Waals surface area contributed by atoms with Gasteiger partial charge in [0.2, 0.25) is 10.0 Å². The van der Waals surface area contributed by atoms with Gasteiger partial charge < -0.3 is 5.32 Å². The van der Waals surface area contributed by atoms with E-state index in [2.05, 4.69) is 5.32 Å². The number of nitro benzene ring substituents is 1. The Morgan fingerprint density at radius 3 is 2.47 bits per heavy atom. The number of benzene rings is 1. The molecule has 0 fully saturated rings. The second-order valence-corrected chi connectivity index (χ2v) is 5.80. The summed E-state index contributed by atoms with van der Waals surface area (Å²) in [6.07, 6.45) is 5.41. The molecule has 0 aromatic heterocycles. The zero-order valence-electron chi connectivity index (χ0n) is 9.94. The van der Waals surface area contributed by atoms with Gasteiger partial charge in [0.05, 0.1) is 10.6 Å². The molecule has 0 atom stereocenters. The van der Waals surface area contributed by atoms with Crippen molar-refractivity contribution >= 4 is 21.4 Å². The van der Waals surface area contributed by atoms with Gasteiger partial charge in [0.1, 0.15) is 4.90 Å². The van der Waals surface area contributed by atoms with Gasteiger partial charge in [-0.25, -0.2) is 13.6 Å². The van der Waals surface area contributed by atoms with Crippen molar-refractivity contribution in [3.8, 4) is 0 Å².